The molecule has 0 spiro atoms. The molecule has 0 fully saturated rings. The number of hydrazone groups is 1. The van der Waals surface area contributed by atoms with Crippen LogP contribution in [0.4, 0.5) is 5.69 Å². The van der Waals surface area contributed by atoms with Gasteiger partial charge in [-0.3, -0.25) is 9.59 Å². The van der Waals surface area contributed by atoms with Crippen LogP contribution < -0.4 is 20.2 Å². The topological polar surface area (TPSA) is 89.0 Å². The third-order valence-electron chi connectivity index (χ3n) is 4.32. The van der Waals surface area contributed by atoms with E-state index in [1.165, 1.54) is 13.3 Å². The van der Waals surface area contributed by atoms with E-state index in [2.05, 4.69) is 15.8 Å². The van der Waals surface area contributed by atoms with E-state index in [0.29, 0.717) is 39.4 Å². The number of anilines is 1. The van der Waals surface area contributed by atoms with Gasteiger partial charge in [0.05, 0.1) is 13.3 Å². The average Bonchev–Trinajstić information content (AvgIpc) is 2.78. The summed E-state index contributed by atoms with van der Waals surface area (Å²) in [6.07, 6.45) is 0.999. The summed E-state index contributed by atoms with van der Waals surface area (Å²) in [4.78, 5) is 24.2. The van der Waals surface area contributed by atoms with Gasteiger partial charge in [-0.1, -0.05) is 41.4 Å². The molecule has 0 radical (unpaired) electrons. The molecule has 2 amide bonds. The molecule has 0 aliphatic carbocycles. The minimum Gasteiger partial charge on any atom is -0.497 e. The molecular weight excluding hydrogens is 465 g/mol. The van der Waals surface area contributed by atoms with Crippen molar-refractivity contribution in [1.29, 1.82) is 0 Å². The zero-order valence-electron chi connectivity index (χ0n) is 17.7. The lowest BCUT2D eigenvalue weighted by molar-refractivity contribution is -0.126. The van der Waals surface area contributed by atoms with Gasteiger partial charge in [0.1, 0.15) is 24.5 Å². The van der Waals surface area contributed by atoms with Crippen LogP contribution in [0.5, 0.6) is 11.5 Å². The Balaban J connectivity index is 1.55. The zero-order chi connectivity index (χ0) is 23.6. The van der Waals surface area contributed by atoms with Crippen LogP contribution in [0.1, 0.15) is 17.5 Å². The standard InChI is InChI=1S/C24H21Cl2N3O4/c1-32-21-7-3-6-20(12-21)28-23(30)13-24(31)29-27-14-17-11-19(26)8-9-22(17)33-15-16-4-2-5-18(25)10-16/h2-12,14H,13,15H2,1H3,(H,28,30)(H,29,31). The molecule has 0 aliphatic heterocycles. The van der Waals surface area contributed by atoms with Crippen molar-refractivity contribution in [2.75, 3.05) is 12.4 Å². The van der Waals surface area contributed by atoms with Gasteiger partial charge in [-0.05, 0) is 48.0 Å². The number of ether oxygens (including phenoxy) is 2. The number of carbonyl (C=O) groups is 2. The monoisotopic (exact) mass is 485 g/mol. The minimum atomic E-state index is -0.574. The highest BCUT2D eigenvalue weighted by molar-refractivity contribution is 6.31. The second-order valence-electron chi connectivity index (χ2n) is 6.85. The summed E-state index contributed by atoms with van der Waals surface area (Å²) in [7, 11) is 1.53. The molecule has 0 aliphatic rings. The van der Waals surface area contributed by atoms with Crippen molar-refractivity contribution >= 4 is 46.9 Å². The molecule has 2 N–H and O–H groups in total. The summed E-state index contributed by atoms with van der Waals surface area (Å²) in [5.74, 6) is 0.0595. The first-order chi connectivity index (χ1) is 15.9. The summed E-state index contributed by atoms with van der Waals surface area (Å²) in [5.41, 5.74) is 4.31. The number of benzene rings is 3. The van der Waals surface area contributed by atoms with Crippen molar-refractivity contribution in [1.82, 2.24) is 5.43 Å². The van der Waals surface area contributed by atoms with Crippen molar-refractivity contribution < 1.29 is 19.1 Å². The molecule has 0 aromatic heterocycles. The first-order valence-electron chi connectivity index (χ1n) is 9.85. The lowest BCUT2D eigenvalue weighted by atomic mass is 10.2. The number of nitrogens with one attached hydrogen (secondary N) is 2. The number of amides is 2. The third kappa shape index (κ3) is 7.82. The molecular formula is C24H21Cl2N3O4. The lowest BCUT2D eigenvalue weighted by Gasteiger charge is -2.10. The number of hydrogen-bond donors (Lipinski definition) is 2. The number of rotatable bonds is 9. The molecule has 170 valence electrons. The van der Waals surface area contributed by atoms with E-state index in [9.17, 15) is 9.59 Å². The predicted octanol–water partition coefficient (Wildman–Crippen LogP) is 5.06. The molecule has 0 heterocycles. The van der Waals surface area contributed by atoms with Crippen LogP contribution >= 0.6 is 23.2 Å². The highest BCUT2D eigenvalue weighted by Gasteiger charge is 2.10. The molecule has 3 aromatic rings. The van der Waals surface area contributed by atoms with Gasteiger partial charge in [0, 0.05) is 27.4 Å². The molecule has 0 atom stereocenters. The van der Waals surface area contributed by atoms with E-state index in [0.717, 1.165) is 5.56 Å². The quantitative estimate of drug-likeness (QED) is 0.251. The largest absolute Gasteiger partial charge is 0.497 e. The molecule has 3 rings (SSSR count). The van der Waals surface area contributed by atoms with Gasteiger partial charge in [-0.25, -0.2) is 5.43 Å². The predicted molar refractivity (Wildman–Crippen MR) is 129 cm³/mol. The van der Waals surface area contributed by atoms with Crippen LogP contribution in [0, 0.1) is 0 Å². The number of hydrogen-bond acceptors (Lipinski definition) is 5. The highest BCUT2D eigenvalue weighted by atomic mass is 35.5. The fourth-order valence-corrected chi connectivity index (χ4v) is 3.20. The molecule has 33 heavy (non-hydrogen) atoms. The Hall–Kier alpha value is -3.55. The Morgan fingerprint density at radius 1 is 0.970 bits per heavy atom. The number of methoxy groups -OCH3 is 1. The molecule has 0 saturated heterocycles. The Bertz CT molecular complexity index is 1170. The van der Waals surface area contributed by atoms with Crippen LogP contribution in [-0.4, -0.2) is 25.1 Å². The van der Waals surface area contributed by atoms with Gasteiger partial charge < -0.3 is 14.8 Å². The van der Waals surface area contributed by atoms with Gasteiger partial charge in [0.25, 0.3) is 0 Å². The number of halogens is 2. The number of carbonyl (C=O) groups excluding carboxylic acids is 2. The zero-order valence-corrected chi connectivity index (χ0v) is 19.2. The molecule has 0 bridgehead atoms. The van der Waals surface area contributed by atoms with Crippen molar-refractivity contribution in [3.05, 3.63) is 87.9 Å². The van der Waals surface area contributed by atoms with Crippen LogP contribution in [-0.2, 0) is 16.2 Å². The summed E-state index contributed by atoms with van der Waals surface area (Å²) in [6.45, 7) is 0.292. The van der Waals surface area contributed by atoms with E-state index in [4.69, 9.17) is 32.7 Å². The van der Waals surface area contributed by atoms with Gasteiger partial charge in [-0.15, -0.1) is 0 Å². The normalized spacial score (nSPS) is 10.6. The van der Waals surface area contributed by atoms with Crippen molar-refractivity contribution in [2.45, 2.75) is 13.0 Å². The van der Waals surface area contributed by atoms with Crippen LogP contribution in [0.3, 0.4) is 0 Å². The summed E-state index contributed by atoms with van der Waals surface area (Å²) < 4.78 is 10.9. The molecule has 0 unspecified atom stereocenters. The Morgan fingerprint density at radius 3 is 2.55 bits per heavy atom. The van der Waals surface area contributed by atoms with Gasteiger partial charge in [0.2, 0.25) is 11.8 Å². The Labute approximate surface area is 201 Å². The van der Waals surface area contributed by atoms with Crippen LogP contribution in [0.15, 0.2) is 71.8 Å². The van der Waals surface area contributed by atoms with Gasteiger partial charge in [-0.2, -0.15) is 5.10 Å². The Morgan fingerprint density at radius 2 is 1.76 bits per heavy atom. The fraction of sp³-hybridized carbons (Fsp3) is 0.125. The number of nitrogens with zero attached hydrogens (tertiary/aromatic N) is 1. The maximum absolute atomic E-state index is 12.1. The maximum atomic E-state index is 12.1. The van der Waals surface area contributed by atoms with Crippen LogP contribution in [0.2, 0.25) is 10.0 Å². The van der Waals surface area contributed by atoms with Crippen molar-refractivity contribution in [3.8, 4) is 11.5 Å². The maximum Gasteiger partial charge on any atom is 0.249 e. The lowest BCUT2D eigenvalue weighted by Crippen LogP contribution is -2.24. The smallest absolute Gasteiger partial charge is 0.249 e. The van der Waals surface area contributed by atoms with Gasteiger partial charge in [0.15, 0.2) is 0 Å². The van der Waals surface area contributed by atoms with E-state index in [1.54, 1.807) is 48.5 Å². The van der Waals surface area contributed by atoms with E-state index in [-0.39, 0.29) is 0 Å². The van der Waals surface area contributed by atoms with Crippen LogP contribution in [0.25, 0.3) is 0 Å². The van der Waals surface area contributed by atoms with E-state index < -0.39 is 18.2 Å². The highest BCUT2D eigenvalue weighted by Crippen LogP contribution is 2.23. The fourth-order valence-electron chi connectivity index (χ4n) is 2.80. The molecule has 9 heteroatoms. The van der Waals surface area contributed by atoms with Crippen molar-refractivity contribution in [2.24, 2.45) is 5.10 Å². The second kappa shape index (κ2) is 11.9. The first kappa shape index (κ1) is 24.1. The van der Waals surface area contributed by atoms with E-state index in [1.807, 2.05) is 18.2 Å². The van der Waals surface area contributed by atoms with Crippen molar-refractivity contribution in [3.63, 3.8) is 0 Å². The summed E-state index contributed by atoms with van der Waals surface area (Å²) in [5, 5.41) is 7.65. The summed E-state index contributed by atoms with van der Waals surface area (Å²) in [6, 6.07) is 19.2. The third-order valence-corrected chi connectivity index (χ3v) is 4.79. The Kier molecular flexibility index (Phi) is 8.69. The SMILES string of the molecule is COc1cccc(NC(=O)CC(=O)NN=Cc2cc(Cl)ccc2OCc2cccc(Cl)c2)c1. The second-order valence-corrected chi connectivity index (χ2v) is 7.72. The summed E-state index contributed by atoms with van der Waals surface area (Å²) >= 11 is 12.1. The molecule has 7 nitrogen and oxygen atoms in total. The average molecular weight is 486 g/mol. The minimum absolute atomic E-state index is 0.292. The van der Waals surface area contributed by atoms with E-state index >= 15 is 0 Å². The first-order valence-corrected chi connectivity index (χ1v) is 10.6. The molecule has 3 aromatic carbocycles. The molecule has 0 saturated carbocycles. The van der Waals surface area contributed by atoms with Gasteiger partial charge >= 0.3 is 0 Å².